The van der Waals surface area contributed by atoms with Crippen LogP contribution >= 0.6 is 11.6 Å². The smallest absolute Gasteiger partial charge is 0.313 e. The molecule has 7 nitrogen and oxygen atoms in total. The lowest BCUT2D eigenvalue weighted by Crippen LogP contribution is -2.07. The van der Waals surface area contributed by atoms with Crippen LogP contribution in [0.2, 0.25) is 5.15 Å². The molecule has 1 heterocycles. The topological polar surface area (TPSA) is 90.6 Å². The number of carbonyl (C=O) groups excluding carboxylic acids is 1. The van der Waals surface area contributed by atoms with Crippen LogP contribution in [0.5, 0.6) is 5.75 Å². The van der Waals surface area contributed by atoms with Gasteiger partial charge in [0.05, 0.1) is 6.61 Å². The molecule has 0 aliphatic carbocycles. The molecule has 0 atom stereocenters. The van der Waals surface area contributed by atoms with Gasteiger partial charge in [-0.25, -0.2) is 4.79 Å². The molecule has 0 aliphatic heterocycles. The SMILES string of the molecule is CCOc1c(Cl)nn(C)c1S(=O)(=O)N=C=O. The Morgan fingerprint density at radius 1 is 1.62 bits per heavy atom. The molecule has 0 bridgehead atoms. The molecule has 1 aromatic rings. The van der Waals surface area contributed by atoms with Crippen molar-refractivity contribution < 1.29 is 17.9 Å². The van der Waals surface area contributed by atoms with Crippen molar-refractivity contribution in [2.45, 2.75) is 11.9 Å². The molecule has 0 fully saturated rings. The molecule has 0 saturated heterocycles. The summed E-state index contributed by atoms with van der Waals surface area (Å²) in [5.41, 5.74) is 0. The Kier molecular flexibility index (Phi) is 3.69. The van der Waals surface area contributed by atoms with E-state index in [1.54, 1.807) is 6.92 Å². The van der Waals surface area contributed by atoms with E-state index < -0.39 is 10.0 Å². The van der Waals surface area contributed by atoms with Gasteiger partial charge in [0.1, 0.15) is 0 Å². The van der Waals surface area contributed by atoms with Crippen molar-refractivity contribution in [3.63, 3.8) is 0 Å². The molecule has 9 heteroatoms. The zero-order valence-electron chi connectivity index (χ0n) is 8.47. The lowest BCUT2D eigenvalue weighted by Gasteiger charge is -2.03. The van der Waals surface area contributed by atoms with Gasteiger partial charge in [0.25, 0.3) is 6.08 Å². The quantitative estimate of drug-likeness (QED) is 0.584. The Hall–Kier alpha value is -1.37. The summed E-state index contributed by atoms with van der Waals surface area (Å²) in [5, 5.41) is 3.19. The minimum absolute atomic E-state index is 0.107. The number of rotatable bonds is 4. The van der Waals surface area contributed by atoms with Gasteiger partial charge in [-0.1, -0.05) is 16.0 Å². The number of hydrogen-bond acceptors (Lipinski definition) is 5. The van der Waals surface area contributed by atoms with Crippen molar-refractivity contribution >= 4 is 27.7 Å². The van der Waals surface area contributed by atoms with E-state index in [1.807, 2.05) is 0 Å². The fourth-order valence-corrected chi connectivity index (χ4v) is 2.36. The van der Waals surface area contributed by atoms with Gasteiger partial charge < -0.3 is 4.74 Å². The summed E-state index contributed by atoms with van der Waals surface area (Å²) in [4.78, 5) is 10.0. The van der Waals surface area contributed by atoms with Crippen molar-refractivity contribution in [1.29, 1.82) is 0 Å². The van der Waals surface area contributed by atoms with Gasteiger partial charge in [-0.05, 0) is 6.92 Å². The van der Waals surface area contributed by atoms with Crippen LogP contribution in [0.15, 0.2) is 9.42 Å². The zero-order chi connectivity index (χ0) is 12.3. The molecular formula is C7H8ClN3O4S. The van der Waals surface area contributed by atoms with Crippen LogP contribution in [0, 0.1) is 0 Å². The first-order chi connectivity index (χ1) is 7.44. The predicted octanol–water partition coefficient (Wildman–Crippen LogP) is 0.497. The maximum atomic E-state index is 11.5. The maximum Gasteiger partial charge on any atom is 0.313 e. The molecule has 88 valence electrons. The number of isocyanates is 1. The van der Waals surface area contributed by atoms with E-state index in [-0.39, 0.29) is 22.5 Å². The first kappa shape index (κ1) is 12.7. The fraction of sp³-hybridized carbons (Fsp3) is 0.429. The van der Waals surface area contributed by atoms with Gasteiger partial charge in [0, 0.05) is 7.05 Å². The normalized spacial score (nSPS) is 10.9. The molecule has 1 rings (SSSR count). The van der Waals surface area contributed by atoms with E-state index in [1.165, 1.54) is 7.05 Å². The average Bonchev–Trinajstić information content (AvgIpc) is 2.42. The molecular weight excluding hydrogens is 258 g/mol. The Morgan fingerprint density at radius 2 is 2.25 bits per heavy atom. The van der Waals surface area contributed by atoms with Gasteiger partial charge in [-0.2, -0.15) is 13.5 Å². The van der Waals surface area contributed by atoms with Crippen molar-refractivity contribution in [2.24, 2.45) is 11.4 Å². The van der Waals surface area contributed by atoms with Gasteiger partial charge >= 0.3 is 10.0 Å². The molecule has 0 spiro atoms. The van der Waals surface area contributed by atoms with E-state index in [9.17, 15) is 13.2 Å². The summed E-state index contributed by atoms with van der Waals surface area (Å²) in [6.45, 7) is 1.86. The minimum atomic E-state index is -4.18. The summed E-state index contributed by atoms with van der Waals surface area (Å²) >= 11 is 5.67. The number of aryl methyl sites for hydroxylation is 1. The molecule has 0 amide bonds. The fourth-order valence-electron chi connectivity index (χ4n) is 1.10. The second-order valence-electron chi connectivity index (χ2n) is 2.64. The van der Waals surface area contributed by atoms with Crippen LogP contribution in [0.4, 0.5) is 0 Å². The Labute approximate surface area is 96.7 Å². The minimum Gasteiger partial charge on any atom is -0.488 e. The van der Waals surface area contributed by atoms with Crippen LogP contribution in [0.1, 0.15) is 6.92 Å². The zero-order valence-corrected chi connectivity index (χ0v) is 10.0. The summed E-state index contributed by atoms with van der Waals surface area (Å²) in [6, 6.07) is 0. The Morgan fingerprint density at radius 3 is 2.75 bits per heavy atom. The lowest BCUT2D eigenvalue weighted by atomic mass is 10.6. The molecule has 0 N–H and O–H groups in total. The second kappa shape index (κ2) is 4.65. The number of nitrogens with zero attached hydrogens (tertiary/aromatic N) is 3. The molecule has 0 saturated carbocycles. The summed E-state index contributed by atoms with van der Waals surface area (Å²) in [7, 11) is -2.83. The van der Waals surface area contributed by atoms with Gasteiger partial charge in [0.2, 0.25) is 5.03 Å². The molecule has 0 aliphatic rings. The Bertz CT molecular complexity index is 544. The largest absolute Gasteiger partial charge is 0.488 e. The highest BCUT2D eigenvalue weighted by Gasteiger charge is 2.27. The highest BCUT2D eigenvalue weighted by molar-refractivity contribution is 7.90. The molecule has 0 unspecified atom stereocenters. The van der Waals surface area contributed by atoms with Crippen LogP contribution in [-0.4, -0.2) is 30.9 Å². The van der Waals surface area contributed by atoms with Crippen molar-refractivity contribution in [3.8, 4) is 5.75 Å². The number of halogens is 1. The van der Waals surface area contributed by atoms with Gasteiger partial charge in [0.15, 0.2) is 10.9 Å². The number of ether oxygens (including phenoxy) is 1. The van der Waals surface area contributed by atoms with E-state index in [0.29, 0.717) is 0 Å². The first-order valence-electron chi connectivity index (χ1n) is 4.13. The molecule has 0 radical (unpaired) electrons. The van der Waals surface area contributed by atoms with E-state index in [0.717, 1.165) is 10.8 Å². The third kappa shape index (κ3) is 2.24. The molecule has 0 aromatic carbocycles. The summed E-state index contributed by atoms with van der Waals surface area (Å²) in [6.07, 6.45) is 0.960. The second-order valence-corrected chi connectivity index (χ2v) is 4.52. The molecule has 16 heavy (non-hydrogen) atoms. The highest BCUT2D eigenvalue weighted by atomic mass is 35.5. The van der Waals surface area contributed by atoms with Gasteiger partial charge in [-0.15, -0.1) is 0 Å². The number of sulfonamides is 1. The first-order valence-corrected chi connectivity index (χ1v) is 5.95. The Balaban J connectivity index is 3.49. The van der Waals surface area contributed by atoms with E-state index in [2.05, 4.69) is 9.50 Å². The molecule has 1 aromatic heterocycles. The van der Waals surface area contributed by atoms with Crippen molar-refractivity contribution in [1.82, 2.24) is 9.78 Å². The predicted molar refractivity (Wildman–Crippen MR) is 54.7 cm³/mol. The lowest BCUT2D eigenvalue weighted by molar-refractivity contribution is 0.329. The third-order valence-corrected chi connectivity index (χ3v) is 3.10. The van der Waals surface area contributed by atoms with Crippen LogP contribution in [-0.2, 0) is 21.9 Å². The highest BCUT2D eigenvalue weighted by Crippen LogP contribution is 2.32. The monoisotopic (exact) mass is 265 g/mol. The number of hydrogen-bond donors (Lipinski definition) is 0. The van der Waals surface area contributed by atoms with Gasteiger partial charge in [-0.3, -0.25) is 4.68 Å². The summed E-state index contributed by atoms with van der Waals surface area (Å²) in [5.74, 6) is -0.120. The van der Waals surface area contributed by atoms with Crippen LogP contribution in [0.3, 0.4) is 0 Å². The third-order valence-electron chi connectivity index (χ3n) is 1.60. The van der Waals surface area contributed by atoms with E-state index >= 15 is 0 Å². The van der Waals surface area contributed by atoms with E-state index in [4.69, 9.17) is 16.3 Å². The number of aromatic nitrogens is 2. The maximum absolute atomic E-state index is 11.5. The average molecular weight is 266 g/mol. The van der Waals surface area contributed by atoms with Crippen molar-refractivity contribution in [3.05, 3.63) is 5.15 Å². The summed E-state index contributed by atoms with van der Waals surface area (Å²) < 4.78 is 31.8. The van der Waals surface area contributed by atoms with Crippen molar-refractivity contribution in [2.75, 3.05) is 6.61 Å². The van der Waals surface area contributed by atoms with Crippen LogP contribution in [0.25, 0.3) is 0 Å². The standard InChI is InChI=1S/C7H8ClN3O4S/c1-3-15-5-6(8)10-11(2)7(5)16(13,14)9-4-12/h3H2,1-2H3. The van der Waals surface area contributed by atoms with Crippen LogP contribution < -0.4 is 4.74 Å².